The molecule has 1 aromatic carbocycles. The first-order valence-electron chi connectivity index (χ1n) is 19.1. The van der Waals surface area contributed by atoms with E-state index in [9.17, 15) is 24.0 Å². The van der Waals surface area contributed by atoms with Crippen LogP contribution in [-0.2, 0) is 49.4 Å². The molecule has 14 nitrogen and oxygen atoms in total. The van der Waals surface area contributed by atoms with Crippen molar-refractivity contribution in [1.82, 2.24) is 15.1 Å². The molecule has 4 rings (SSSR count). The summed E-state index contributed by atoms with van der Waals surface area (Å²) in [4.78, 5) is 70.8. The number of aldehydes is 1. The molecule has 0 aliphatic carbocycles. The van der Waals surface area contributed by atoms with E-state index in [0.29, 0.717) is 6.42 Å². The van der Waals surface area contributed by atoms with Crippen LogP contribution in [0.2, 0.25) is 0 Å². The molecule has 3 aliphatic rings. The van der Waals surface area contributed by atoms with Crippen molar-refractivity contribution in [2.24, 2.45) is 23.7 Å². The fourth-order valence-electron chi connectivity index (χ4n) is 8.58. The Balaban J connectivity index is 1.79. The molecule has 3 saturated heterocycles. The Hall–Kier alpha value is -3.59. The van der Waals surface area contributed by atoms with Gasteiger partial charge in [-0.05, 0) is 72.5 Å². The third kappa shape index (κ3) is 9.26. The molecule has 2 amide bonds. The Labute approximate surface area is 319 Å². The van der Waals surface area contributed by atoms with Crippen molar-refractivity contribution in [3.63, 3.8) is 0 Å². The van der Waals surface area contributed by atoms with Gasteiger partial charge in [0.1, 0.15) is 31.0 Å². The van der Waals surface area contributed by atoms with Crippen LogP contribution in [0.3, 0.4) is 0 Å². The molecule has 3 heterocycles. The number of carbonyl (C=O) groups is 5. The zero-order valence-electron chi connectivity index (χ0n) is 33.7. The van der Waals surface area contributed by atoms with Gasteiger partial charge in [0.2, 0.25) is 0 Å². The maximum Gasteiger partial charge on any atom is 0.410 e. The summed E-state index contributed by atoms with van der Waals surface area (Å²) >= 11 is 0. The van der Waals surface area contributed by atoms with E-state index >= 15 is 0 Å². The molecular formula is C40H61N3O11. The zero-order chi connectivity index (χ0) is 40.1. The molecule has 0 saturated carbocycles. The predicted molar refractivity (Wildman–Crippen MR) is 198 cm³/mol. The van der Waals surface area contributed by atoms with E-state index in [1.54, 1.807) is 32.6 Å². The van der Waals surface area contributed by atoms with E-state index in [1.807, 2.05) is 70.1 Å². The van der Waals surface area contributed by atoms with E-state index in [-0.39, 0.29) is 43.9 Å². The van der Waals surface area contributed by atoms with Gasteiger partial charge in [0, 0.05) is 31.5 Å². The first-order valence-corrected chi connectivity index (χ1v) is 19.1. The van der Waals surface area contributed by atoms with Gasteiger partial charge in [0.05, 0.1) is 23.8 Å². The van der Waals surface area contributed by atoms with E-state index in [2.05, 4.69) is 5.32 Å². The second-order valence-corrected chi connectivity index (χ2v) is 16.1. The summed E-state index contributed by atoms with van der Waals surface area (Å²) in [6.45, 7) is 14.4. The van der Waals surface area contributed by atoms with Gasteiger partial charge in [-0.15, -0.1) is 0 Å². The van der Waals surface area contributed by atoms with Crippen LogP contribution in [0.1, 0.15) is 80.2 Å². The van der Waals surface area contributed by atoms with E-state index in [1.165, 1.54) is 14.0 Å². The topological polar surface area (TPSA) is 159 Å². The number of alkyl carbamates (subject to hydrolysis) is 1. The minimum absolute atomic E-state index is 0.0236. The molecule has 3 fully saturated rings. The molecule has 1 aromatic rings. The summed E-state index contributed by atoms with van der Waals surface area (Å²) in [6.07, 6.45) is -3.08. The molecule has 0 radical (unpaired) electrons. The van der Waals surface area contributed by atoms with Crippen LogP contribution in [0.25, 0.3) is 0 Å². The van der Waals surface area contributed by atoms with Crippen LogP contribution in [-0.4, -0.2) is 122 Å². The highest BCUT2D eigenvalue weighted by atomic mass is 16.7. The Morgan fingerprint density at radius 1 is 1.07 bits per heavy atom. The van der Waals surface area contributed by atoms with Crippen molar-refractivity contribution in [1.29, 1.82) is 0 Å². The van der Waals surface area contributed by atoms with Crippen molar-refractivity contribution in [3.8, 4) is 0 Å². The summed E-state index contributed by atoms with van der Waals surface area (Å²) in [5.41, 5.74) is -1.77. The first-order chi connectivity index (χ1) is 25.4. The molecule has 13 atom stereocenters. The highest BCUT2D eigenvalue weighted by Crippen LogP contribution is 2.39. The number of amides is 2. The molecular weight excluding hydrogens is 698 g/mol. The summed E-state index contributed by atoms with van der Waals surface area (Å²) in [7, 11) is 5.40. The van der Waals surface area contributed by atoms with Gasteiger partial charge in [-0.3, -0.25) is 9.59 Å². The molecule has 0 bridgehead atoms. The van der Waals surface area contributed by atoms with Crippen LogP contribution in [0.4, 0.5) is 9.59 Å². The summed E-state index contributed by atoms with van der Waals surface area (Å²) < 4.78 is 37.0. The number of ether oxygens (including phenoxy) is 6. The fourth-order valence-corrected chi connectivity index (χ4v) is 8.58. The number of nitrogens with zero attached hydrogens (tertiary/aromatic N) is 2. The highest BCUT2D eigenvalue weighted by molar-refractivity contribution is 6.00. The van der Waals surface area contributed by atoms with Gasteiger partial charge in [-0.1, -0.05) is 58.0 Å². The number of benzene rings is 1. The van der Waals surface area contributed by atoms with Gasteiger partial charge in [0.25, 0.3) is 0 Å². The number of esters is 1. The standard InChI is InChI=1S/C40H61N3O11/c1-12-31-40(8)33(41-37(47)54-40)27(6)43(38(48)50-22-28-16-14-13-15-17-28)20-23(2)19-39(7,49-11)34(25(4)32(45)26(5)35(46)52-31)53-36-24(3)30(42(9)10)18-29(21-44)51-36/h13-17,21,23-27,29-31,33-34,36H,12,18-20,22H2,1-11H3,(H,41,47)/t23-,24?,25+,26?,27-,29?,30?,31-,33-,34-,36+,39-,40-/m1/s1. The number of methoxy groups -OCH3 is 1. The number of ketones is 1. The molecule has 0 aromatic heterocycles. The molecule has 1 N–H and O–H groups in total. The maximum absolute atomic E-state index is 14.3. The molecule has 14 heteroatoms. The molecule has 54 heavy (non-hydrogen) atoms. The molecule has 0 spiro atoms. The van der Waals surface area contributed by atoms with Gasteiger partial charge in [-0.25, -0.2) is 9.59 Å². The number of hydrogen-bond donors (Lipinski definition) is 1. The number of Topliss-reactive ketones (excluding diaryl/α,β-unsaturated/α-hetero) is 1. The summed E-state index contributed by atoms with van der Waals surface area (Å²) in [5, 5.41) is 2.87. The first kappa shape index (κ1) is 43.1. The van der Waals surface area contributed by atoms with Gasteiger partial charge in [0.15, 0.2) is 17.7 Å². The van der Waals surface area contributed by atoms with Crippen LogP contribution in [0, 0.1) is 23.7 Å². The molecule has 4 unspecified atom stereocenters. The number of carbonyl (C=O) groups excluding carboxylic acids is 5. The molecule has 302 valence electrons. The zero-order valence-corrected chi connectivity index (χ0v) is 33.7. The lowest BCUT2D eigenvalue weighted by Gasteiger charge is -2.47. The van der Waals surface area contributed by atoms with E-state index in [0.717, 1.165) is 11.8 Å². The van der Waals surface area contributed by atoms with Crippen LogP contribution >= 0.6 is 0 Å². The Morgan fingerprint density at radius 3 is 2.33 bits per heavy atom. The van der Waals surface area contributed by atoms with Crippen molar-refractivity contribution in [2.75, 3.05) is 27.7 Å². The summed E-state index contributed by atoms with van der Waals surface area (Å²) in [6, 6.07) is 7.73. The minimum Gasteiger partial charge on any atom is -0.458 e. The summed E-state index contributed by atoms with van der Waals surface area (Å²) in [5.74, 6) is -3.85. The number of fused-ring (bicyclic) bond motifs is 1. The largest absolute Gasteiger partial charge is 0.458 e. The van der Waals surface area contributed by atoms with Gasteiger partial charge in [-0.2, -0.15) is 0 Å². The highest BCUT2D eigenvalue weighted by Gasteiger charge is 2.57. The monoisotopic (exact) mass is 759 g/mol. The minimum atomic E-state index is -1.41. The number of hydrogen-bond acceptors (Lipinski definition) is 12. The lowest BCUT2D eigenvalue weighted by molar-refractivity contribution is -0.277. The number of rotatable bonds is 8. The van der Waals surface area contributed by atoms with E-state index in [4.69, 9.17) is 28.4 Å². The lowest BCUT2D eigenvalue weighted by Crippen LogP contribution is -2.61. The van der Waals surface area contributed by atoms with Crippen LogP contribution < -0.4 is 5.32 Å². The average molecular weight is 760 g/mol. The van der Waals surface area contributed by atoms with Crippen molar-refractivity contribution < 1.29 is 52.4 Å². The van der Waals surface area contributed by atoms with Crippen LogP contribution in [0.5, 0.6) is 0 Å². The van der Waals surface area contributed by atoms with Gasteiger partial charge < -0.3 is 48.3 Å². The average Bonchev–Trinajstić information content (AvgIpc) is 3.46. The normalized spacial score (nSPS) is 38.3. The maximum atomic E-state index is 14.3. The molecule has 3 aliphatic heterocycles. The Kier molecular flexibility index (Phi) is 14.3. The van der Waals surface area contributed by atoms with Crippen molar-refractivity contribution in [2.45, 2.75) is 135 Å². The van der Waals surface area contributed by atoms with Gasteiger partial charge >= 0.3 is 18.2 Å². The lowest BCUT2D eigenvalue weighted by atomic mass is 9.78. The predicted octanol–water partition coefficient (Wildman–Crippen LogP) is 4.75. The third-order valence-electron chi connectivity index (χ3n) is 11.8. The van der Waals surface area contributed by atoms with Crippen molar-refractivity contribution in [3.05, 3.63) is 35.9 Å². The third-order valence-corrected chi connectivity index (χ3v) is 11.8. The van der Waals surface area contributed by atoms with E-state index < -0.39 is 83.7 Å². The van der Waals surface area contributed by atoms with Crippen molar-refractivity contribution >= 4 is 30.2 Å². The quantitative estimate of drug-likeness (QED) is 0.168. The second kappa shape index (κ2) is 17.9. The number of nitrogens with one attached hydrogen (secondary N) is 1. The second-order valence-electron chi connectivity index (χ2n) is 16.1. The fraction of sp³-hybridized carbons (Fsp3) is 0.725. The number of cyclic esters (lactones) is 1. The Morgan fingerprint density at radius 2 is 1.74 bits per heavy atom. The Bertz CT molecular complexity index is 1480. The SMILES string of the molecule is CC[C@H]1OC(=O)C(C)C(=O)[C@H](C)[C@@H](O[C@@H]2OC(C=O)CC(N(C)C)C2C)[C@](C)(OC)C[C@@H](C)CN(C(=O)OCc2ccccc2)[C@H](C)[C@H]2NC(=O)O[C@@]21C. The van der Waals surface area contributed by atoms with Crippen LogP contribution in [0.15, 0.2) is 30.3 Å². The smallest absolute Gasteiger partial charge is 0.410 e.